The van der Waals surface area contributed by atoms with Crippen LogP contribution < -0.4 is 10.6 Å². The smallest absolute Gasteiger partial charge is 0.324 e. The first-order valence-electron chi connectivity index (χ1n) is 9.49. The number of fused-ring (bicyclic) bond motifs is 1. The number of hydrogen-bond donors (Lipinski definition) is 3. The van der Waals surface area contributed by atoms with Gasteiger partial charge < -0.3 is 15.6 Å². The molecule has 0 radical (unpaired) electrons. The van der Waals surface area contributed by atoms with Gasteiger partial charge in [0.25, 0.3) is 5.91 Å². The molecule has 2 unspecified atom stereocenters. The van der Waals surface area contributed by atoms with Crippen molar-refractivity contribution in [1.82, 2.24) is 20.5 Å². The monoisotopic (exact) mass is 418 g/mol. The molecule has 154 valence electrons. The van der Waals surface area contributed by atoms with E-state index < -0.39 is 39.8 Å². The molecule has 2 aliphatic rings. The zero-order valence-electron chi connectivity index (χ0n) is 15.7. The maximum atomic E-state index is 12.6. The Morgan fingerprint density at radius 2 is 2.03 bits per heavy atom. The Labute approximate surface area is 167 Å². The van der Waals surface area contributed by atoms with E-state index in [1.54, 1.807) is 0 Å². The molecule has 2 atom stereocenters. The van der Waals surface area contributed by atoms with Crippen LogP contribution >= 0.6 is 0 Å². The minimum atomic E-state index is -3.10. The standard InChI is InChI=1S/C19H22N4O5S/c24-17(21-13-6-8-29(27,28)11-13)9-16-18(25)23(19(26)22-16)7-5-12-10-20-15-4-2-1-3-14(12)15/h1-4,10,13,16,20H,5-9,11H2,(H,21,24)(H,22,26). The second-order valence-corrected chi connectivity index (χ2v) is 9.70. The Bertz CT molecular complexity index is 1080. The lowest BCUT2D eigenvalue weighted by Crippen LogP contribution is -2.41. The first-order chi connectivity index (χ1) is 13.8. The molecule has 0 spiro atoms. The Hall–Kier alpha value is -2.88. The molecule has 0 aliphatic carbocycles. The van der Waals surface area contributed by atoms with Crippen molar-refractivity contribution in [3.05, 3.63) is 36.0 Å². The van der Waals surface area contributed by atoms with E-state index in [2.05, 4.69) is 15.6 Å². The fourth-order valence-corrected chi connectivity index (χ4v) is 5.55. The van der Waals surface area contributed by atoms with E-state index in [0.717, 1.165) is 21.4 Å². The van der Waals surface area contributed by atoms with Crippen LogP contribution in [0.2, 0.25) is 0 Å². The van der Waals surface area contributed by atoms with Crippen LogP contribution in [0, 0.1) is 0 Å². The van der Waals surface area contributed by atoms with Crippen molar-refractivity contribution in [2.45, 2.75) is 31.3 Å². The molecular formula is C19H22N4O5S. The summed E-state index contributed by atoms with van der Waals surface area (Å²) in [6, 6.07) is 5.91. The maximum absolute atomic E-state index is 12.6. The van der Waals surface area contributed by atoms with Crippen LogP contribution in [-0.2, 0) is 25.8 Å². The lowest BCUT2D eigenvalue weighted by atomic mass is 10.1. The summed E-state index contributed by atoms with van der Waals surface area (Å²) in [5.74, 6) is -0.910. The number of carbonyl (C=O) groups is 3. The molecule has 2 saturated heterocycles. The number of para-hydroxylation sites is 1. The number of amides is 4. The number of nitrogens with one attached hydrogen (secondary N) is 3. The Morgan fingerprint density at radius 1 is 1.24 bits per heavy atom. The Kier molecular flexibility index (Phi) is 5.03. The van der Waals surface area contributed by atoms with Gasteiger partial charge in [-0.15, -0.1) is 0 Å². The van der Waals surface area contributed by atoms with Crippen LogP contribution in [0.4, 0.5) is 4.79 Å². The van der Waals surface area contributed by atoms with Gasteiger partial charge in [-0.05, 0) is 24.5 Å². The molecule has 1 aromatic carbocycles. The van der Waals surface area contributed by atoms with Crippen LogP contribution in [0.15, 0.2) is 30.5 Å². The van der Waals surface area contributed by atoms with Gasteiger partial charge in [0.15, 0.2) is 9.84 Å². The fraction of sp³-hybridized carbons (Fsp3) is 0.421. The summed E-state index contributed by atoms with van der Waals surface area (Å²) in [5.41, 5.74) is 1.99. The third-order valence-electron chi connectivity index (χ3n) is 5.37. The summed E-state index contributed by atoms with van der Waals surface area (Å²) in [7, 11) is -3.10. The summed E-state index contributed by atoms with van der Waals surface area (Å²) in [6.45, 7) is 0.214. The molecular weight excluding hydrogens is 396 g/mol. The SMILES string of the molecule is O=C(CC1NC(=O)N(CCc2c[nH]c3ccccc23)C1=O)NC1CCS(=O)(=O)C1. The van der Waals surface area contributed by atoms with Crippen LogP contribution in [0.25, 0.3) is 10.9 Å². The normalized spacial score (nSPS) is 23.5. The molecule has 3 N–H and O–H groups in total. The van der Waals surface area contributed by atoms with Gasteiger partial charge in [0.05, 0.1) is 17.9 Å². The lowest BCUT2D eigenvalue weighted by Gasteiger charge is -2.14. The maximum Gasteiger partial charge on any atom is 0.324 e. The number of aromatic nitrogens is 1. The number of benzene rings is 1. The summed E-state index contributed by atoms with van der Waals surface area (Å²) >= 11 is 0. The van der Waals surface area contributed by atoms with Gasteiger partial charge in [-0.3, -0.25) is 14.5 Å². The number of nitrogens with zero attached hydrogens (tertiary/aromatic N) is 1. The van der Waals surface area contributed by atoms with Gasteiger partial charge in [-0.25, -0.2) is 13.2 Å². The molecule has 4 rings (SSSR count). The van der Waals surface area contributed by atoms with E-state index in [1.807, 2.05) is 30.5 Å². The molecule has 2 aliphatic heterocycles. The third kappa shape index (κ3) is 4.12. The second kappa shape index (κ2) is 7.51. The average molecular weight is 418 g/mol. The largest absolute Gasteiger partial charge is 0.361 e. The molecule has 3 heterocycles. The number of imide groups is 1. The minimum Gasteiger partial charge on any atom is -0.361 e. The van der Waals surface area contributed by atoms with Crippen LogP contribution in [0.5, 0.6) is 0 Å². The van der Waals surface area contributed by atoms with Gasteiger partial charge in [0, 0.05) is 29.7 Å². The summed E-state index contributed by atoms with van der Waals surface area (Å²) in [5, 5.41) is 6.23. The van der Waals surface area contributed by atoms with Crippen molar-refractivity contribution in [2.24, 2.45) is 0 Å². The highest BCUT2D eigenvalue weighted by atomic mass is 32.2. The predicted molar refractivity (Wildman–Crippen MR) is 106 cm³/mol. The van der Waals surface area contributed by atoms with E-state index in [0.29, 0.717) is 12.8 Å². The molecule has 2 aromatic rings. The van der Waals surface area contributed by atoms with Crippen molar-refractivity contribution >= 4 is 38.6 Å². The van der Waals surface area contributed by atoms with Gasteiger partial charge in [0.2, 0.25) is 5.91 Å². The number of aromatic amines is 1. The highest BCUT2D eigenvalue weighted by Gasteiger charge is 2.39. The lowest BCUT2D eigenvalue weighted by molar-refractivity contribution is -0.131. The van der Waals surface area contributed by atoms with Gasteiger partial charge >= 0.3 is 6.03 Å². The molecule has 1 aromatic heterocycles. The van der Waals surface area contributed by atoms with Gasteiger partial charge in [-0.1, -0.05) is 18.2 Å². The molecule has 0 bridgehead atoms. The quantitative estimate of drug-likeness (QED) is 0.582. The van der Waals surface area contributed by atoms with E-state index in [1.165, 1.54) is 0 Å². The van der Waals surface area contributed by atoms with Crippen molar-refractivity contribution in [2.75, 3.05) is 18.1 Å². The summed E-state index contributed by atoms with van der Waals surface area (Å²) in [6.07, 6.45) is 2.53. The number of hydrogen-bond acceptors (Lipinski definition) is 5. The van der Waals surface area contributed by atoms with E-state index >= 15 is 0 Å². The first-order valence-corrected chi connectivity index (χ1v) is 11.3. The Balaban J connectivity index is 1.33. The molecule has 0 saturated carbocycles. The fourth-order valence-electron chi connectivity index (χ4n) is 3.88. The first kappa shape index (κ1) is 19.4. The zero-order valence-corrected chi connectivity index (χ0v) is 16.5. The van der Waals surface area contributed by atoms with Crippen molar-refractivity contribution in [1.29, 1.82) is 0 Å². The topological polar surface area (TPSA) is 128 Å². The van der Waals surface area contributed by atoms with E-state index in [4.69, 9.17) is 0 Å². The Morgan fingerprint density at radius 3 is 2.79 bits per heavy atom. The predicted octanol–water partition coefficient (Wildman–Crippen LogP) is 0.324. The highest BCUT2D eigenvalue weighted by molar-refractivity contribution is 7.91. The van der Waals surface area contributed by atoms with Gasteiger partial charge in [-0.2, -0.15) is 0 Å². The third-order valence-corrected chi connectivity index (χ3v) is 7.14. The molecule has 2 fully saturated rings. The number of H-pyrrole nitrogens is 1. The highest BCUT2D eigenvalue weighted by Crippen LogP contribution is 2.19. The number of urea groups is 1. The molecule has 10 heteroatoms. The summed E-state index contributed by atoms with van der Waals surface area (Å²) < 4.78 is 23.0. The van der Waals surface area contributed by atoms with Crippen molar-refractivity contribution < 1.29 is 22.8 Å². The van der Waals surface area contributed by atoms with Crippen molar-refractivity contribution in [3.8, 4) is 0 Å². The second-order valence-electron chi connectivity index (χ2n) is 7.47. The minimum absolute atomic E-state index is 0.0542. The number of rotatable bonds is 6. The van der Waals surface area contributed by atoms with Crippen molar-refractivity contribution in [3.63, 3.8) is 0 Å². The molecule has 9 nitrogen and oxygen atoms in total. The molecule has 29 heavy (non-hydrogen) atoms. The van der Waals surface area contributed by atoms with Gasteiger partial charge in [0.1, 0.15) is 6.04 Å². The van der Waals surface area contributed by atoms with Crippen LogP contribution in [-0.4, -0.2) is 66.3 Å². The number of carbonyl (C=O) groups excluding carboxylic acids is 3. The van der Waals surface area contributed by atoms with Crippen LogP contribution in [0.1, 0.15) is 18.4 Å². The van der Waals surface area contributed by atoms with E-state index in [9.17, 15) is 22.8 Å². The average Bonchev–Trinajstić information content (AvgIpc) is 3.30. The van der Waals surface area contributed by atoms with Crippen LogP contribution in [0.3, 0.4) is 0 Å². The van der Waals surface area contributed by atoms with E-state index in [-0.39, 0.29) is 24.5 Å². The zero-order chi connectivity index (χ0) is 20.6. The molecule has 4 amide bonds. The summed E-state index contributed by atoms with van der Waals surface area (Å²) in [4.78, 5) is 41.2. The number of sulfone groups is 1.